The molecule has 1 aromatic carbocycles. The quantitative estimate of drug-likeness (QED) is 0.847. The lowest BCUT2D eigenvalue weighted by Gasteiger charge is -2.11. The molecule has 1 saturated carbocycles. The zero-order chi connectivity index (χ0) is 17.8. The Balaban J connectivity index is 1.63. The Morgan fingerprint density at radius 1 is 1.16 bits per heavy atom. The molecule has 0 aliphatic heterocycles. The molecular weight excluding hydrogens is 316 g/mol. The fourth-order valence-corrected chi connectivity index (χ4v) is 2.35. The Hall–Kier alpha value is -2.76. The average molecular weight is 338 g/mol. The van der Waals surface area contributed by atoms with Gasteiger partial charge in [0.2, 0.25) is 0 Å². The van der Waals surface area contributed by atoms with Gasteiger partial charge in [-0.05, 0) is 56.5 Å². The summed E-state index contributed by atoms with van der Waals surface area (Å²) >= 11 is 0. The highest BCUT2D eigenvalue weighted by Gasteiger charge is 2.27. The Morgan fingerprint density at radius 2 is 1.88 bits per heavy atom. The van der Waals surface area contributed by atoms with Crippen molar-refractivity contribution in [2.24, 2.45) is 0 Å². The molecular formula is C19H22N4O2. The van der Waals surface area contributed by atoms with Crippen molar-refractivity contribution in [3.63, 3.8) is 0 Å². The Morgan fingerprint density at radius 3 is 2.52 bits per heavy atom. The number of benzene rings is 1. The second-order valence-electron chi connectivity index (χ2n) is 6.39. The number of rotatable bonds is 6. The van der Waals surface area contributed by atoms with Gasteiger partial charge in [-0.1, -0.05) is 6.92 Å². The minimum atomic E-state index is -0.277. The van der Waals surface area contributed by atoms with Crippen molar-refractivity contribution in [3.05, 3.63) is 53.6 Å². The number of nitrogens with zero attached hydrogens (tertiary/aromatic N) is 2. The van der Waals surface area contributed by atoms with Crippen LogP contribution < -0.4 is 10.6 Å². The van der Waals surface area contributed by atoms with Gasteiger partial charge in [0.15, 0.2) is 0 Å². The Bertz CT molecular complexity index is 769. The van der Waals surface area contributed by atoms with Crippen molar-refractivity contribution >= 4 is 17.5 Å². The molecule has 1 fully saturated rings. The van der Waals surface area contributed by atoms with Gasteiger partial charge in [-0.25, -0.2) is 9.97 Å². The van der Waals surface area contributed by atoms with Crippen LogP contribution >= 0.6 is 0 Å². The third-order valence-corrected chi connectivity index (χ3v) is 4.24. The third kappa shape index (κ3) is 4.41. The normalized spacial score (nSPS) is 14.6. The van der Waals surface area contributed by atoms with Crippen LogP contribution in [0.3, 0.4) is 0 Å². The first kappa shape index (κ1) is 17.1. The highest BCUT2D eigenvalue weighted by atomic mass is 16.2. The van der Waals surface area contributed by atoms with E-state index in [9.17, 15) is 9.59 Å². The molecule has 1 aliphatic carbocycles. The molecule has 0 bridgehead atoms. The largest absolute Gasteiger partial charge is 0.350 e. The number of hydrogen-bond acceptors (Lipinski definition) is 4. The monoisotopic (exact) mass is 338 g/mol. The number of nitrogens with one attached hydrogen (secondary N) is 2. The van der Waals surface area contributed by atoms with Gasteiger partial charge in [0.25, 0.3) is 11.8 Å². The summed E-state index contributed by atoms with van der Waals surface area (Å²) < 4.78 is 0. The first-order valence-corrected chi connectivity index (χ1v) is 8.62. The van der Waals surface area contributed by atoms with E-state index < -0.39 is 0 Å². The Kier molecular flexibility index (Phi) is 5.07. The number of hydrogen-bond donors (Lipinski definition) is 2. The first-order valence-electron chi connectivity index (χ1n) is 8.62. The van der Waals surface area contributed by atoms with E-state index in [-0.39, 0.29) is 17.9 Å². The minimum absolute atomic E-state index is 0.114. The van der Waals surface area contributed by atoms with Crippen molar-refractivity contribution in [1.29, 1.82) is 0 Å². The van der Waals surface area contributed by atoms with Crippen molar-refractivity contribution in [2.75, 3.05) is 5.32 Å². The second kappa shape index (κ2) is 7.42. The minimum Gasteiger partial charge on any atom is -0.350 e. The highest BCUT2D eigenvalue weighted by molar-refractivity contribution is 6.03. The molecule has 6 nitrogen and oxygen atoms in total. The summed E-state index contributed by atoms with van der Waals surface area (Å²) in [6.07, 6.45) is 4.68. The first-order chi connectivity index (χ1) is 12.1. The number of anilines is 1. The predicted octanol–water partition coefficient (Wildman–Crippen LogP) is 3.13. The molecule has 2 aromatic rings. The molecule has 0 unspecified atom stereocenters. The number of carbonyl (C=O) groups is 2. The summed E-state index contributed by atoms with van der Waals surface area (Å²) in [4.78, 5) is 32.9. The van der Waals surface area contributed by atoms with Crippen LogP contribution in [0, 0.1) is 0 Å². The standard InChI is InChI=1S/C19H22N4O2/c1-3-12(2)21-18(24)14-6-8-15(9-7-14)22-19(25)16-10-11-20-17(23-16)13-4-5-13/h6-13H,3-5H2,1-2H3,(H,21,24)(H,22,25)/t12-/m0/s1. The van der Waals surface area contributed by atoms with Gasteiger partial charge in [0, 0.05) is 29.4 Å². The summed E-state index contributed by atoms with van der Waals surface area (Å²) in [6, 6.07) is 8.56. The Labute approximate surface area is 147 Å². The van der Waals surface area contributed by atoms with E-state index in [0.29, 0.717) is 22.9 Å². The van der Waals surface area contributed by atoms with Gasteiger partial charge >= 0.3 is 0 Å². The summed E-state index contributed by atoms with van der Waals surface area (Å²) in [7, 11) is 0. The van der Waals surface area contributed by atoms with Crippen molar-refractivity contribution in [2.45, 2.75) is 45.1 Å². The average Bonchev–Trinajstić information content (AvgIpc) is 3.47. The van der Waals surface area contributed by atoms with Gasteiger partial charge in [0.05, 0.1) is 0 Å². The maximum Gasteiger partial charge on any atom is 0.274 e. The van der Waals surface area contributed by atoms with Crippen LogP contribution in [0.15, 0.2) is 36.5 Å². The number of carbonyl (C=O) groups excluding carboxylic acids is 2. The van der Waals surface area contributed by atoms with Crippen molar-refractivity contribution in [1.82, 2.24) is 15.3 Å². The molecule has 2 N–H and O–H groups in total. The lowest BCUT2D eigenvalue weighted by Crippen LogP contribution is -2.31. The van der Waals surface area contributed by atoms with E-state index >= 15 is 0 Å². The van der Waals surface area contributed by atoms with Gasteiger partial charge < -0.3 is 10.6 Å². The van der Waals surface area contributed by atoms with E-state index in [2.05, 4.69) is 20.6 Å². The smallest absolute Gasteiger partial charge is 0.274 e. The summed E-state index contributed by atoms with van der Waals surface area (Å²) in [5.74, 6) is 0.749. The van der Waals surface area contributed by atoms with Crippen LogP contribution in [0.2, 0.25) is 0 Å². The van der Waals surface area contributed by atoms with Gasteiger partial charge in [-0.3, -0.25) is 9.59 Å². The predicted molar refractivity (Wildman–Crippen MR) is 95.6 cm³/mol. The molecule has 0 spiro atoms. The van der Waals surface area contributed by atoms with Crippen LogP contribution in [0.5, 0.6) is 0 Å². The summed E-state index contributed by atoms with van der Waals surface area (Å²) in [6.45, 7) is 3.98. The lowest BCUT2D eigenvalue weighted by atomic mass is 10.1. The van der Waals surface area contributed by atoms with Gasteiger partial charge in [-0.15, -0.1) is 0 Å². The second-order valence-corrected chi connectivity index (χ2v) is 6.39. The fourth-order valence-electron chi connectivity index (χ4n) is 2.35. The zero-order valence-corrected chi connectivity index (χ0v) is 14.5. The van der Waals surface area contributed by atoms with E-state index in [0.717, 1.165) is 25.1 Å². The topological polar surface area (TPSA) is 84.0 Å². The summed E-state index contributed by atoms with van der Waals surface area (Å²) in [5.41, 5.74) is 1.54. The molecule has 1 heterocycles. The third-order valence-electron chi connectivity index (χ3n) is 4.24. The fraction of sp³-hybridized carbons (Fsp3) is 0.368. The van der Waals surface area contributed by atoms with E-state index in [1.807, 2.05) is 13.8 Å². The zero-order valence-electron chi connectivity index (χ0n) is 14.5. The molecule has 130 valence electrons. The molecule has 6 heteroatoms. The maximum atomic E-state index is 12.3. The molecule has 3 rings (SSSR count). The SMILES string of the molecule is CC[C@H](C)NC(=O)c1ccc(NC(=O)c2ccnc(C3CC3)n2)cc1. The molecule has 0 radical (unpaired) electrons. The van der Waals surface area contributed by atoms with Gasteiger partial charge in [0.1, 0.15) is 11.5 Å². The van der Waals surface area contributed by atoms with E-state index in [4.69, 9.17) is 0 Å². The summed E-state index contributed by atoms with van der Waals surface area (Å²) in [5, 5.41) is 5.71. The van der Waals surface area contributed by atoms with Crippen molar-refractivity contribution in [3.8, 4) is 0 Å². The van der Waals surface area contributed by atoms with Crippen LogP contribution in [0.1, 0.15) is 65.7 Å². The lowest BCUT2D eigenvalue weighted by molar-refractivity contribution is 0.0938. The van der Waals surface area contributed by atoms with E-state index in [1.165, 1.54) is 0 Å². The van der Waals surface area contributed by atoms with Crippen LogP contribution in [0.25, 0.3) is 0 Å². The van der Waals surface area contributed by atoms with Crippen LogP contribution in [-0.2, 0) is 0 Å². The molecule has 2 amide bonds. The van der Waals surface area contributed by atoms with E-state index in [1.54, 1.807) is 36.5 Å². The molecule has 1 aliphatic rings. The van der Waals surface area contributed by atoms with Crippen LogP contribution in [-0.4, -0.2) is 27.8 Å². The molecule has 1 aromatic heterocycles. The van der Waals surface area contributed by atoms with Crippen molar-refractivity contribution < 1.29 is 9.59 Å². The molecule has 25 heavy (non-hydrogen) atoms. The van der Waals surface area contributed by atoms with Gasteiger partial charge in [-0.2, -0.15) is 0 Å². The van der Waals surface area contributed by atoms with Crippen LogP contribution in [0.4, 0.5) is 5.69 Å². The molecule has 0 saturated heterocycles. The number of amides is 2. The maximum absolute atomic E-state index is 12.3. The molecule has 1 atom stereocenters. The number of aromatic nitrogens is 2. The highest BCUT2D eigenvalue weighted by Crippen LogP contribution is 2.37.